The average molecular weight is 476 g/mol. The van der Waals surface area contributed by atoms with Gasteiger partial charge in [0.25, 0.3) is 17.7 Å². The quantitative estimate of drug-likeness (QED) is 0.401. The molecule has 3 aromatic rings. The van der Waals surface area contributed by atoms with Crippen molar-refractivity contribution in [1.29, 1.82) is 0 Å². The van der Waals surface area contributed by atoms with Gasteiger partial charge in [-0.25, -0.2) is 4.98 Å². The zero-order valence-electron chi connectivity index (χ0n) is 18.4. The van der Waals surface area contributed by atoms with Gasteiger partial charge in [-0.1, -0.05) is 18.2 Å². The Hall–Kier alpha value is -3.85. The smallest absolute Gasteiger partial charge is 0.308 e. The number of carbonyl (C=O) groups is 4. The molecule has 0 fully saturated rings. The molecule has 172 valence electrons. The van der Waals surface area contributed by atoms with E-state index in [0.717, 1.165) is 32.4 Å². The van der Waals surface area contributed by atoms with E-state index >= 15 is 0 Å². The number of esters is 1. The molecule has 3 heterocycles. The van der Waals surface area contributed by atoms with Gasteiger partial charge in [-0.05, 0) is 43.2 Å². The Labute approximate surface area is 199 Å². The van der Waals surface area contributed by atoms with E-state index in [9.17, 15) is 19.2 Å². The Morgan fingerprint density at radius 2 is 1.82 bits per heavy atom. The Morgan fingerprint density at radius 1 is 1.09 bits per heavy atom. The van der Waals surface area contributed by atoms with E-state index in [-0.39, 0.29) is 18.9 Å². The first-order valence-electron chi connectivity index (χ1n) is 10.9. The summed E-state index contributed by atoms with van der Waals surface area (Å²) in [5.74, 6) is -1.81. The number of nitrogens with zero attached hydrogens (tertiary/aromatic N) is 3. The highest BCUT2D eigenvalue weighted by Crippen LogP contribution is 2.33. The molecule has 0 saturated heterocycles. The molecule has 0 aliphatic carbocycles. The van der Waals surface area contributed by atoms with Crippen molar-refractivity contribution in [2.75, 3.05) is 24.6 Å². The highest BCUT2D eigenvalue weighted by atomic mass is 32.1. The van der Waals surface area contributed by atoms with Gasteiger partial charge in [-0.3, -0.25) is 24.1 Å². The van der Waals surface area contributed by atoms with Crippen LogP contribution >= 0.6 is 11.3 Å². The summed E-state index contributed by atoms with van der Waals surface area (Å²) in [5.41, 5.74) is 4.45. The molecule has 34 heavy (non-hydrogen) atoms. The number of hydrogen-bond acceptors (Lipinski definition) is 7. The summed E-state index contributed by atoms with van der Waals surface area (Å²) < 4.78 is 5.15. The normalized spacial score (nSPS) is 14.4. The van der Waals surface area contributed by atoms with Crippen LogP contribution in [0.1, 0.15) is 37.7 Å². The van der Waals surface area contributed by atoms with Crippen LogP contribution in [0.15, 0.2) is 47.8 Å². The fraction of sp³-hybridized carbons (Fsp3) is 0.240. The molecule has 0 atom stereocenters. The summed E-state index contributed by atoms with van der Waals surface area (Å²) in [5, 5.41) is 3.01. The van der Waals surface area contributed by atoms with Gasteiger partial charge in [0.05, 0.1) is 28.2 Å². The van der Waals surface area contributed by atoms with Gasteiger partial charge in [0.2, 0.25) is 0 Å². The number of carbonyl (C=O) groups excluding carboxylic acids is 4. The molecule has 0 bridgehead atoms. The highest BCUT2D eigenvalue weighted by molar-refractivity contribution is 7.09. The minimum atomic E-state index is -0.640. The topological polar surface area (TPSA) is 96.9 Å². The minimum absolute atomic E-state index is 0.0925. The lowest BCUT2D eigenvalue weighted by atomic mass is 10.1. The van der Waals surface area contributed by atoms with Crippen molar-refractivity contribution >= 4 is 40.7 Å². The molecule has 0 unspecified atom stereocenters. The van der Waals surface area contributed by atoms with Crippen LogP contribution in [0.4, 0.5) is 5.69 Å². The number of rotatable bonds is 6. The van der Waals surface area contributed by atoms with E-state index in [1.54, 1.807) is 40.5 Å². The minimum Gasteiger partial charge on any atom is -0.455 e. The van der Waals surface area contributed by atoms with Crippen molar-refractivity contribution in [3.63, 3.8) is 0 Å². The fourth-order valence-corrected chi connectivity index (χ4v) is 4.88. The van der Waals surface area contributed by atoms with Crippen molar-refractivity contribution in [2.45, 2.75) is 19.8 Å². The van der Waals surface area contributed by atoms with Crippen molar-refractivity contribution in [2.24, 2.45) is 0 Å². The summed E-state index contributed by atoms with van der Waals surface area (Å²) in [6, 6.07) is 12.4. The number of aromatic nitrogens is 1. The van der Waals surface area contributed by atoms with Crippen LogP contribution in [-0.2, 0) is 20.7 Å². The summed E-state index contributed by atoms with van der Waals surface area (Å²) in [6.07, 6.45) is 0.539. The number of hydrogen-bond donors (Lipinski definition) is 0. The van der Waals surface area contributed by atoms with Crippen LogP contribution < -0.4 is 4.90 Å². The highest BCUT2D eigenvalue weighted by Gasteiger charge is 2.35. The molecule has 0 N–H and O–H groups in total. The lowest BCUT2D eigenvalue weighted by Crippen LogP contribution is -2.34. The molecule has 8 nitrogen and oxygen atoms in total. The number of aryl methyl sites for hydroxylation is 1. The van der Waals surface area contributed by atoms with E-state index in [1.807, 2.05) is 30.5 Å². The van der Waals surface area contributed by atoms with Crippen molar-refractivity contribution in [3.05, 3.63) is 69.5 Å². The first-order valence-corrected chi connectivity index (χ1v) is 11.8. The zero-order valence-corrected chi connectivity index (χ0v) is 19.3. The largest absolute Gasteiger partial charge is 0.455 e. The molecular formula is C25H21N3O5S. The lowest BCUT2D eigenvalue weighted by molar-refractivity contribution is -0.147. The van der Waals surface area contributed by atoms with Gasteiger partial charge in [0.1, 0.15) is 0 Å². The van der Waals surface area contributed by atoms with E-state index in [2.05, 4.69) is 4.98 Å². The van der Waals surface area contributed by atoms with E-state index in [4.69, 9.17) is 4.74 Å². The molecule has 0 radical (unpaired) electrons. The predicted molar refractivity (Wildman–Crippen MR) is 126 cm³/mol. The molecular weight excluding hydrogens is 454 g/mol. The van der Waals surface area contributed by atoms with Crippen molar-refractivity contribution in [3.8, 4) is 11.3 Å². The molecule has 3 amide bonds. The Morgan fingerprint density at radius 3 is 2.50 bits per heavy atom. The number of fused-ring (bicyclic) bond motifs is 2. The second kappa shape index (κ2) is 8.83. The second-order valence-corrected chi connectivity index (χ2v) is 9.17. The molecule has 2 aliphatic heterocycles. The monoisotopic (exact) mass is 475 g/mol. The van der Waals surface area contributed by atoms with E-state index in [1.165, 1.54) is 0 Å². The molecule has 2 aromatic carbocycles. The number of thiazole rings is 1. The summed E-state index contributed by atoms with van der Waals surface area (Å²) >= 11 is 1.59. The van der Waals surface area contributed by atoms with Gasteiger partial charge in [-0.15, -0.1) is 11.3 Å². The van der Waals surface area contributed by atoms with Crippen LogP contribution in [0.2, 0.25) is 0 Å². The maximum Gasteiger partial charge on any atom is 0.308 e. The van der Waals surface area contributed by atoms with Crippen LogP contribution in [0.5, 0.6) is 0 Å². The van der Waals surface area contributed by atoms with Crippen LogP contribution in [0, 0.1) is 6.92 Å². The Kier molecular flexibility index (Phi) is 5.70. The van der Waals surface area contributed by atoms with Crippen molar-refractivity contribution in [1.82, 2.24) is 9.88 Å². The summed E-state index contributed by atoms with van der Waals surface area (Å²) in [4.78, 5) is 56.8. The summed E-state index contributed by atoms with van der Waals surface area (Å²) in [6.45, 7) is 1.99. The number of benzene rings is 2. The first kappa shape index (κ1) is 22.0. The van der Waals surface area contributed by atoms with Gasteiger partial charge in [0.15, 0.2) is 6.61 Å². The molecule has 1 aromatic heterocycles. The van der Waals surface area contributed by atoms with Crippen molar-refractivity contribution < 1.29 is 23.9 Å². The van der Waals surface area contributed by atoms with E-state index < -0.39 is 24.4 Å². The molecule has 9 heteroatoms. The SMILES string of the molecule is Cc1nc(-c2ccc3c(c2)CCN3C(=O)COC(=O)CCN2C(=O)c3ccccc3C2=O)cs1. The van der Waals surface area contributed by atoms with Crippen LogP contribution in [-0.4, -0.2) is 53.3 Å². The number of amides is 3. The maximum absolute atomic E-state index is 12.7. The number of anilines is 1. The van der Waals surface area contributed by atoms with Gasteiger partial charge in [0, 0.05) is 29.7 Å². The molecule has 0 spiro atoms. The van der Waals surface area contributed by atoms with Gasteiger partial charge < -0.3 is 9.64 Å². The Bertz CT molecular complexity index is 1300. The molecule has 0 saturated carbocycles. The third-order valence-corrected chi connectivity index (χ3v) is 6.74. The lowest BCUT2D eigenvalue weighted by Gasteiger charge is -2.18. The maximum atomic E-state index is 12.7. The first-order chi connectivity index (χ1) is 16.4. The van der Waals surface area contributed by atoms with Gasteiger partial charge >= 0.3 is 5.97 Å². The molecule has 2 aliphatic rings. The second-order valence-electron chi connectivity index (χ2n) is 8.11. The summed E-state index contributed by atoms with van der Waals surface area (Å²) in [7, 11) is 0. The van der Waals surface area contributed by atoms with Crippen LogP contribution in [0.3, 0.4) is 0 Å². The van der Waals surface area contributed by atoms with Gasteiger partial charge in [-0.2, -0.15) is 0 Å². The third kappa shape index (κ3) is 3.99. The standard InChI is InChI=1S/C25H21N3O5S/c1-15-26-20(14-34-15)16-6-7-21-17(12-16)8-10-27(21)22(29)13-33-23(30)9-11-28-24(31)18-4-2-3-5-19(18)25(28)32/h2-7,12,14H,8-11,13H2,1H3. The van der Waals surface area contributed by atoms with E-state index in [0.29, 0.717) is 24.1 Å². The Balaban J connectivity index is 1.15. The number of imide groups is 1. The number of ether oxygens (including phenoxy) is 1. The zero-order chi connectivity index (χ0) is 23.8. The average Bonchev–Trinajstić information content (AvgIpc) is 3.53. The third-order valence-electron chi connectivity index (χ3n) is 5.97. The molecule has 5 rings (SSSR count). The van der Waals surface area contributed by atoms with Crippen LogP contribution in [0.25, 0.3) is 11.3 Å². The fourth-order valence-electron chi connectivity index (χ4n) is 4.25. The predicted octanol–water partition coefficient (Wildman–Crippen LogP) is 3.24.